The molecule has 0 radical (unpaired) electrons. The fourth-order valence-corrected chi connectivity index (χ4v) is 3.27. The summed E-state index contributed by atoms with van der Waals surface area (Å²) in [5.41, 5.74) is -0.0610. The van der Waals surface area contributed by atoms with Crippen molar-refractivity contribution in [3.8, 4) is 0 Å². The maximum Gasteiger partial charge on any atom is 0.410 e. The molecule has 1 aromatic rings. The number of pyridine rings is 1. The van der Waals surface area contributed by atoms with E-state index in [9.17, 15) is 4.79 Å². The third kappa shape index (κ3) is 3.18. The fourth-order valence-electron chi connectivity index (χ4n) is 3.27. The Labute approximate surface area is 132 Å². The summed E-state index contributed by atoms with van der Waals surface area (Å²) in [6.07, 6.45) is 3.76. The van der Waals surface area contributed by atoms with Crippen LogP contribution in [0.2, 0.25) is 0 Å². The lowest BCUT2D eigenvalue weighted by atomic mass is 9.72. The van der Waals surface area contributed by atoms with Crippen molar-refractivity contribution in [2.24, 2.45) is 5.41 Å². The van der Waals surface area contributed by atoms with E-state index in [4.69, 9.17) is 4.74 Å². The van der Waals surface area contributed by atoms with Crippen LogP contribution < -0.4 is 4.90 Å². The maximum atomic E-state index is 12.1. The highest BCUT2D eigenvalue weighted by Crippen LogP contribution is 2.42. The average Bonchev–Trinajstić information content (AvgIpc) is 2.44. The van der Waals surface area contributed by atoms with E-state index in [0.29, 0.717) is 5.41 Å². The van der Waals surface area contributed by atoms with Crippen molar-refractivity contribution in [2.45, 2.75) is 39.2 Å². The molecule has 120 valence electrons. The molecule has 1 aromatic heterocycles. The van der Waals surface area contributed by atoms with E-state index in [-0.39, 0.29) is 6.09 Å². The van der Waals surface area contributed by atoms with Gasteiger partial charge in [-0.05, 0) is 45.7 Å². The molecule has 0 aliphatic carbocycles. The highest BCUT2D eigenvalue weighted by Gasteiger charge is 2.46. The predicted octanol–water partition coefficient (Wildman–Crippen LogP) is 2.92. The van der Waals surface area contributed by atoms with Crippen LogP contribution in [0.15, 0.2) is 24.4 Å². The van der Waals surface area contributed by atoms with Crippen molar-refractivity contribution < 1.29 is 9.53 Å². The zero-order valence-electron chi connectivity index (χ0n) is 13.7. The molecule has 0 saturated carbocycles. The number of likely N-dealkylation sites (tertiary alicyclic amines) is 1. The second-order valence-electron chi connectivity index (χ2n) is 7.51. The molecule has 2 saturated heterocycles. The second kappa shape index (κ2) is 5.45. The molecule has 0 atom stereocenters. The summed E-state index contributed by atoms with van der Waals surface area (Å²) >= 11 is 0. The first-order valence-corrected chi connectivity index (χ1v) is 8.01. The van der Waals surface area contributed by atoms with Gasteiger partial charge in [-0.2, -0.15) is 0 Å². The van der Waals surface area contributed by atoms with Gasteiger partial charge in [0.15, 0.2) is 0 Å². The number of piperidine rings is 1. The molecule has 22 heavy (non-hydrogen) atoms. The molecular weight excluding hydrogens is 278 g/mol. The molecule has 0 bridgehead atoms. The molecular formula is C17H25N3O2. The maximum absolute atomic E-state index is 12.1. The summed E-state index contributed by atoms with van der Waals surface area (Å²) in [5, 5.41) is 0. The SMILES string of the molecule is CC(C)(C)OC(=O)N1CCC2(CC1)CN(c1ccccn1)C2. The number of aromatic nitrogens is 1. The van der Waals surface area contributed by atoms with Gasteiger partial charge in [0.1, 0.15) is 11.4 Å². The first-order valence-electron chi connectivity index (χ1n) is 8.01. The fraction of sp³-hybridized carbons (Fsp3) is 0.647. The Balaban J connectivity index is 1.50. The number of carbonyl (C=O) groups is 1. The number of hydrogen-bond acceptors (Lipinski definition) is 4. The minimum Gasteiger partial charge on any atom is -0.444 e. The number of anilines is 1. The van der Waals surface area contributed by atoms with Crippen LogP contribution in [0.3, 0.4) is 0 Å². The standard InChI is InChI=1S/C17H25N3O2/c1-16(2,3)22-15(21)19-10-7-17(8-11-19)12-20(13-17)14-6-4-5-9-18-14/h4-6,9H,7-8,10-13H2,1-3H3. The summed E-state index contributed by atoms with van der Waals surface area (Å²) in [4.78, 5) is 20.7. The summed E-state index contributed by atoms with van der Waals surface area (Å²) in [7, 11) is 0. The van der Waals surface area contributed by atoms with Crippen molar-refractivity contribution in [1.29, 1.82) is 0 Å². The minimum absolute atomic E-state index is 0.178. The third-order valence-electron chi connectivity index (χ3n) is 4.50. The van der Waals surface area contributed by atoms with Gasteiger partial charge in [-0.15, -0.1) is 0 Å². The summed E-state index contributed by atoms with van der Waals surface area (Å²) in [6.45, 7) is 9.42. The van der Waals surface area contributed by atoms with Gasteiger partial charge in [-0.1, -0.05) is 6.07 Å². The average molecular weight is 303 g/mol. The number of rotatable bonds is 1. The lowest BCUT2D eigenvalue weighted by molar-refractivity contribution is 0.00590. The van der Waals surface area contributed by atoms with Gasteiger partial charge in [0.2, 0.25) is 0 Å². The smallest absolute Gasteiger partial charge is 0.410 e. The number of nitrogens with zero attached hydrogens (tertiary/aromatic N) is 3. The Bertz CT molecular complexity index is 523. The largest absolute Gasteiger partial charge is 0.444 e. The molecule has 5 nitrogen and oxygen atoms in total. The van der Waals surface area contributed by atoms with E-state index in [1.165, 1.54) is 0 Å². The van der Waals surface area contributed by atoms with Gasteiger partial charge in [0.25, 0.3) is 0 Å². The number of amides is 1. The zero-order valence-corrected chi connectivity index (χ0v) is 13.7. The number of carbonyl (C=O) groups excluding carboxylic acids is 1. The van der Waals surface area contributed by atoms with Crippen LogP contribution in [0.4, 0.5) is 10.6 Å². The lowest BCUT2D eigenvalue weighted by Crippen LogP contribution is -2.61. The molecule has 0 unspecified atom stereocenters. The van der Waals surface area contributed by atoms with E-state index in [1.807, 2.05) is 44.0 Å². The molecule has 3 heterocycles. The van der Waals surface area contributed by atoms with E-state index in [2.05, 4.69) is 16.0 Å². The third-order valence-corrected chi connectivity index (χ3v) is 4.50. The van der Waals surface area contributed by atoms with Gasteiger partial charge in [0.05, 0.1) is 0 Å². The first kappa shape index (κ1) is 15.1. The monoisotopic (exact) mass is 303 g/mol. The van der Waals surface area contributed by atoms with Gasteiger partial charge in [-0.25, -0.2) is 9.78 Å². The summed E-state index contributed by atoms with van der Waals surface area (Å²) in [5.74, 6) is 1.06. The molecule has 2 aliphatic heterocycles. The Morgan fingerprint density at radius 3 is 2.45 bits per heavy atom. The molecule has 0 N–H and O–H groups in total. The highest BCUT2D eigenvalue weighted by atomic mass is 16.6. The lowest BCUT2D eigenvalue weighted by Gasteiger charge is -2.54. The molecule has 2 fully saturated rings. The normalized spacial score (nSPS) is 20.7. The Hall–Kier alpha value is -1.78. The van der Waals surface area contributed by atoms with E-state index in [0.717, 1.165) is 44.8 Å². The van der Waals surface area contributed by atoms with Crippen LogP contribution >= 0.6 is 0 Å². The van der Waals surface area contributed by atoms with Crippen LogP contribution in [0, 0.1) is 5.41 Å². The molecule has 0 aromatic carbocycles. The molecule has 1 amide bonds. The molecule has 1 spiro atoms. The van der Waals surface area contributed by atoms with Gasteiger partial charge >= 0.3 is 6.09 Å². The Kier molecular flexibility index (Phi) is 3.75. The topological polar surface area (TPSA) is 45.7 Å². The van der Waals surface area contributed by atoms with E-state index in [1.54, 1.807) is 0 Å². The van der Waals surface area contributed by atoms with Gasteiger partial charge < -0.3 is 14.5 Å². The molecule has 5 heteroatoms. The number of ether oxygens (including phenoxy) is 1. The van der Waals surface area contributed by atoms with Crippen LogP contribution in [-0.2, 0) is 4.74 Å². The van der Waals surface area contributed by atoms with Crippen LogP contribution in [-0.4, -0.2) is 47.8 Å². The summed E-state index contributed by atoms with van der Waals surface area (Å²) < 4.78 is 5.45. The van der Waals surface area contributed by atoms with Crippen molar-refractivity contribution in [2.75, 3.05) is 31.1 Å². The van der Waals surface area contributed by atoms with E-state index >= 15 is 0 Å². The second-order valence-corrected chi connectivity index (χ2v) is 7.51. The quantitative estimate of drug-likeness (QED) is 0.800. The van der Waals surface area contributed by atoms with Crippen molar-refractivity contribution in [3.63, 3.8) is 0 Å². The first-order chi connectivity index (χ1) is 10.4. The van der Waals surface area contributed by atoms with Gasteiger partial charge in [-0.3, -0.25) is 0 Å². The van der Waals surface area contributed by atoms with Crippen LogP contribution in [0.1, 0.15) is 33.6 Å². The van der Waals surface area contributed by atoms with Crippen LogP contribution in [0.25, 0.3) is 0 Å². The zero-order chi connectivity index (χ0) is 15.8. The van der Waals surface area contributed by atoms with Crippen LogP contribution in [0.5, 0.6) is 0 Å². The highest BCUT2D eigenvalue weighted by molar-refractivity contribution is 5.68. The number of hydrogen-bond donors (Lipinski definition) is 0. The van der Waals surface area contributed by atoms with E-state index < -0.39 is 5.60 Å². The van der Waals surface area contributed by atoms with Crippen molar-refractivity contribution >= 4 is 11.9 Å². The Morgan fingerprint density at radius 1 is 1.23 bits per heavy atom. The Morgan fingerprint density at radius 2 is 1.91 bits per heavy atom. The minimum atomic E-state index is -0.418. The van der Waals surface area contributed by atoms with Gasteiger partial charge in [0, 0.05) is 37.8 Å². The predicted molar refractivity (Wildman–Crippen MR) is 85.9 cm³/mol. The molecule has 2 aliphatic rings. The molecule has 3 rings (SSSR count). The van der Waals surface area contributed by atoms with Crippen molar-refractivity contribution in [1.82, 2.24) is 9.88 Å². The summed E-state index contributed by atoms with van der Waals surface area (Å²) in [6, 6.07) is 6.03. The van der Waals surface area contributed by atoms with Crippen molar-refractivity contribution in [3.05, 3.63) is 24.4 Å².